The van der Waals surface area contributed by atoms with Crippen molar-refractivity contribution in [2.24, 2.45) is 0 Å². The lowest BCUT2D eigenvalue weighted by molar-refractivity contribution is 0.573. The predicted octanol–water partition coefficient (Wildman–Crippen LogP) is 13.7. The molecule has 0 bridgehead atoms. The van der Waals surface area contributed by atoms with Gasteiger partial charge >= 0.3 is 0 Å². The molecule has 11 rings (SSSR count). The number of benzene rings is 8. The van der Waals surface area contributed by atoms with Crippen LogP contribution in [-0.2, 0) is 5.41 Å². The van der Waals surface area contributed by atoms with Crippen molar-refractivity contribution >= 4 is 96.2 Å². The molecule has 4 nitrogen and oxygen atoms in total. The van der Waals surface area contributed by atoms with Crippen molar-refractivity contribution in [3.8, 4) is 0 Å². The number of aryl methyl sites for hydroxylation is 4. The minimum absolute atomic E-state index is 0.0204. The first-order valence-electron chi connectivity index (χ1n) is 21.5. The maximum atomic E-state index is 7.12. The van der Waals surface area contributed by atoms with Gasteiger partial charge in [-0.3, -0.25) is 0 Å². The van der Waals surface area contributed by atoms with Crippen LogP contribution in [0.5, 0.6) is 0 Å². The molecule has 61 heavy (non-hydrogen) atoms. The van der Waals surface area contributed by atoms with Gasteiger partial charge in [0.1, 0.15) is 5.58 Å². The summed E-state index contributed by atoms with van der Waals surface area (Å²) in [7, 11) is 0. The molecule has 0 N–H and O–H groups in total. The first-order valence-corrected chi connectivity index (χ1v) is 21.5. The van der Waals surface area contributed by atoms with Gasteiger partial charge in [-0.15, -0.1) is 0 Å². The monoisotopic (exact) mass is 789 g/mol. The van der Waals surface area contributed by atoms with Crippen LogP contribution in [0.1, 0.15) is 48.6 Å². The Morgan fingerprint density at radius 2 is 0.967 bits per heavy atom. The predicted molar refractivity (Wildman–Crippen MR) is 260 cm³/mol. The van der Waals surface area contributed by atoms with E-state index in [4.69, 9.17) is 4.42 Å². The average molecular weight is 790 g/mol. The minimum Gasteiger partial charge on any atom is -0.454 e. The van der Waals surface area contributed by atoms with Crippen LogP contribution < -0.4 is 31.1 Å². The summed E-state index contributed by atoms with van der Waals surface area (Å²) < 4.78 is 7.12. The van der Waals surface area contributed by atoms with E-state index in [0.29, 0.717) is 0 Å². The van der Waals surface area contributed by atoms with E-state index < -0.39 is 0 Å². The van der Waals surface area contributed by atoms with Gasteiger partial charge in [-0.2, -0.15) is 0 Å². The van der Waals surface area contributed by atoms with Gasteiger partial charge in [0.25, 0.3) is 6.71 Å². The van der Waals surface area contributed by atoms with Crippen molar-refractivity contribution in [2.75, 3.05) is 14.7 Å². The largest absolute Gasteiger partial charge is 0.454 e. The topological polar surface area (TPSA) is 22.9 Å². The molecular weight excluding hydrogens is 741 g/mol. The third-order valence-electron chi connectivity index (χ3n) is 12.8. The number of hydrogen-bond acceptors (Lipinski definition) is 4. The van der Waals surface area contributed by atoms with E-state index in [1.54, 1.807) is 0 Å². The maximum Gasteiger partial charge on any atom is 0.252 e. The number of rotatable bonds is 5. The van der Waals surface area contributed by atoms with Crippen molar-refractivity contribution in [3.63, 3.8) is 0 Å². The maximum absolute atomic E-state index is 7.12. The summed E-state index contributed by atoms with van der Waals surface area (Å²) in [4.78, 5) is 7.41. The van der Waals surface area contributed by atoms with Crippen LogP contribution in [0.4, 0.5) is 51.2 Å². The number of fused-ring (bicyclic) bond motifs is 7. The number of anilines is 9. The first-order chi connectivity index (χ1) is 29.5. The molecule has 0 fully saturated rings. The Kier molecular flexibility index (Phi) is 8.38. The molecule has 3 heterocycles. The Balaban J connectivity index is 1.27. The summed E-state index contributed by atoms with van der Waals surface area (Å²) in [6, 6.07) is 60.8. The highest BCUT2D eigenvalue weighted by Gasteiger charge is 2.44. The van der Waals surface area contributed by atoms with E-state index in [-0.39, 0.29) is 12.1 Å². The number of furan rings is 1. The van der Waals surface area contributed by atoms with Gasteiger partial charge in [-0.05, 0) is 116 Å². The van der Waals surface area contributed by atoms with E-state index in [0.717, 1.165) is 61.8 Å². The van der Waals surface area contributed by atoms with Gasteiger partial charge in [-0.25, -0.2) is 0 Å². The second-order valence-electron chi connectivity index (χ2n) is 18.2. The van der Waals surface area contributed by atoms with Crippen molar-refractivity contribution < 1.29 is 4.42 Å². The minimum atomic E-state index is -0.0904. The molecule has 0 aliphatic carbocycles. The molecule has 0 saturated carbocycles. The lowest BCUT2D eigenvalue weighted by Crippen LogP contribution is -2.61. The number of para-hydroxylation sites is 3. The molecule has 0 atom stereocenters. The van der Waals surface area contributed by atoms with E-state index in [1.807, 2.05) is 0 Å². The lowest BCUT2D eigenvalue weighted by Gasteiger charge is -2.45. The van der Waals surface area contributed by atoms with Crippen molar-refractivity contribution in [3.05, 3.63) is 192 Å². The van der Waals surface area contributed by atoms with Crippen LogP contribution in [0.3, 0.4) is 0 Å². The molecule has 8 aromatic carbocycles. The summed E-state index contributed by atoms with van der Waals surface area (Å²) in [6.07, 6.45) is 0. The van der Waals surface area contributed by atoms with Crippen molar-refractivity contribution in [2.45, 2.75) is 53.9 Å². The molecule has 2 aliphatic rings. The number of hydrogen-bond donors (Lipinski definition) is 0. The van der Waals surface area contributed by atoms with Crippen LogP contribution in [0.2, 0.25) is 0 Å². The zero-order valence-electron chi connectivity index (χ0n) is 35.9. The zero-order valence-corrected chi connectivity index (χ0v) is 35.9. The Bertz CT molecular complexity index is 3050. The molecule has 0 unspecified atom stereocenters. The second-order valence-corrected chi connectivity index (χ2v) is 18.2. The summed E-state index contributed by atoms with van der Waals surface area (Å²) in [5, 5.41) is 2.24. The summed E-state index contributed by atoms with van der Waals surface area (Å²) in [5.74, 6) is 0. The Labute approximate surface area is 359 Å². The smallest absolute Gasteiger partial charge is 0.252 e. The van der Waals surface area contributed by atoms with E-state index in [9.17, 15) is 0 Å². The molecular formula is C56H48BN3O. The van der Waals surface area contributed by atoms with Crippen LogP contribution in [-0.4, -0.2) is 6.71 Å². The number of nitrogens with zero attached hydrogens (tertiary/aromatic N) is 3. The van der Waals surface area contributed by atoms with E-state index >= 15 is 0 Å². The molecule has 5 heteroatoms. The van der Waals surface area contributed by atoms with Crippen LogP contribution in [0.25, 0.3) is 21.9 Å². The van der Waals surface area contributed by atoms with E-state index in [1.165, 1.54) is 55.6 Å². The molecule has 0 spiro atoms. The highest BCUT2D eigenvalue weighted by Crippen LogP contribution is 2.50. The van der Waals surface area contributed by atoms with Crippen LogP contribution in [0.15, 0.2) is 168 Å². The van der Waals surface area contributed by atoms with Gasteiger partial charge in [0, 0.05) is 56.1 Å². The zero-order chi connectivity index (χ0) is 41.7. The molecule has 0 radical (unpaired) electrons. The molecule has 9 aromatic rings. The Morgan fingerprint density at radius 3 is 1.51 bits per heavy atom. The fourth-order valence-electron chi connectivity index (χ4n) is 9.88. The van der Waals surface area contributed by atoms with Gasteiger partial charge in [0.05, 0.1) is 11.4 Å². The summed E-state index contributed by atoms with van der Waals surface area (Å²) >= 11 is 0. The standard InChI is InChI=1S/C56H48BN3O/c1-35-19-25-40(26-20-35)59-48-29-23-37(3)31-46(48)57-47-32-38(4)24-30-49(47)60(41-27-21-36(2)22-28-41)52-34-42(33-51(59)53(52)57)58(39-13-9-8-10-14-39)50-18-12-16-44-43-15-11-17-45(56(5,6)7)54(43)61-55(44)50/h8-34H,1-7H3. The summed E-state index contributed by atoms with van der Waals surface area (Å²) in [5.41, 5.74) is 21.9. The van der Waals surface area contributed by atoms with Crippen LogP contribution in [0, 0.1) is 27.7 Å². The van der Waals surface area contributed by atoms with Gasteiger partial charge in [-0.1, -0.05) is 140 Å². The second kappa shape index (κ2) is 13.8. The quantitative estimate of drug-likeness (QED) is 0.162. The molecule has 2 aliphatic heterocycles. The lowest BCUT2D eigenvalue weighted by atomic mass is 9.33. The average Bonchev–Trinajstić information content (AvgIpc) is 3.64. The highest BCUT2D eigenvalue weighted by molar-refractivity contribution is 7.00. The van der Waals surface area contributed by atoms with Crippen molar-refractivity contribution in [1.82, 2.24) is 0 Å². The van der Waals surface area contributed by atoms with Gasteiger partial charge in [0.15, 0.2) is 5.58 Å². The Hall–Kier alpha value is -6.98. The third-order valence-corrected chi connectivity index (χ3v) is 12.8. The molecule has 0 amide bonds. The fraction of sp³-hybridized carbons (Fsp3) is 0.143. The highest BCUT2D eigenvalue weighted by atomic mass is 16.3. The molecule has 296 valence electrons. The first kappa shape index (κ1) is 37.1. The fourth-order valence-corrected chi connectivity index (χ4v) is 9.88. The van der Waals surface area contributed by atoms with Gasteiger partial charge in [0.2, 0.25) is 0 Å². The molecule has 1 aromatic heterocycles. The normalized spacial score (nSPS) is 13.1. The van der Waals surface area contributed by atoms with Crippen molar-refractivity contribution in [1.29, 1.82) is 0 Å². The van der Waals surface area contributed by atoms with E-state index in [2.05, 4.69) is 227 Å². The molecule has 0 saturated heterocycles. The van der Waals surface area contributed by atoms with Crippen LogP contribution >= 0.6 is 0 Å². The summed E-state index contributed by atoms with van der Waals surface area (Å²) in [6.45, 7) is 15.6. The Morgan fingerprint density at radius 1 is 0.459 bits per heavy atom. The third kappa shape index (κ3) is 5.90. The SMILES string of the molecule is Cc1ccc(N2c3ccc(C)cc3B3c4cc(C)ccc4N(c4ccc(C)cc4)c4cc(N(c5ccccc5)c5cccc6c5oc5c(C(C)(C)C)cccc56)cc2c43)cc1. The van der Waals surface area contributed by atoms with Gasteiger partial charge < -0.3 is 19.1 Å².